The molecule has 0 spiro atoms. The molecule has 0 aromatic heterocycles. The Morgan fingerprint density at radius 3 is 2.56 bits per heavy atom. The molecule has 0 bridgehead atoms. The maximum atomic E-state index is 13.3. The number of nitrogens with one attached hydrogen (secondary N) is 1. The highest BCUT2D eigenvalue weighted by Crippen LogP contribution is 2.20. The first-order chi connectivity index (χ1) is 8.66. The van der Waals surface area contributed by atoms with E-state index in [-0.39, 0.29) is 5.02 Å². The van der Waals surface area contributed by atoms with Crippen LogP contribution in [-0.2, 0) is 0 Å². The minimum Gasteiger partial charge on any atom is -0.384 e. The molecule has 2 rings (SSSR count). The van der Waals surface area contributed by atoms with Crippen LogP contribution in [0.5, 0.6) is 0 Å². The van der Waals surface area contributed by atoms with Crippen LogP contribution in [0.25, 0.3) is 0 Å². The molecule has 18 heavy (non-hydrogen) atoms. The molecule has 2 aromatic rings. The van der Waals surface area contributed by atoms with Crippen molar-refractivity contribution >= 4 is 17.3 Å². The van der Waals surface area contributed by atoms with Crippen LogP contribution in [0, 0.1) is 5.82 Å². The lowest BCUT2D eigenvalue weighted by atomic mass is 10.0. The van der Waals surface area contributed by atoms with Crippen LogP contribution in [0.4, 0.5) is 10.1 Å². The lowest BCUT2D eigenvalue weighted by molar-refractivity contribution is 0.628. The van der Waals surface area contributed by atoms with Crippen LogP contribution >= 0.6 is 11.6 Å². The zero-order chi connectivity index (χ0) is 13.0. The highest BCUT2D eigenvalue weighted by Gasteiger charge is 2.05. The van der Waals surface area contributed by atoms with Gasteiger partial charge in [-0.25, -0.2) is 4.39 Å². The van der Waals surface area contributed by atoms with E-state index in [2.05, 4.69) is 24.4 Å². The highest BCUT2D eigenvalue weighted by atomic mass is 35.5. The Labute approximate surface area is 112 Å². The fourth-order valence-corrected chi connectivity index (χ4v) is 1.89. The summed E-state index contributed by atoms with van der Waals surface area (Å²) in [5.41, 5.74) is 2.01. The Morgan fingerprint density at radius 2 is 1.89 bits per heavy atom. The Morgan fingerprint density at radius 1 is 1.17 bits per heavy atom. The van der Waals surface area contributed by atoms with Gasteiger partial charge in [-0.1, -0.05) is 48.9 Å². The third-order valence-electron chi connectivity index (χ3n) is 2.90. The van der Waals surface area contributed by atoms with Gasteiger partial charge in [-0.05, 0) is 29.7 Å². The first-order valence-corrected chi connectivity index (χ1v) is 6.28. The lowest BCUT2D eigenvalue weighted by Crippen LogP contribution is -2.09. The summed E-state index contributed by atoms with van der Waals surface area (Å²) in [7, 11) is 0. The SMILES string of the molecule is CC(CNc1ccc(Cl)c(F)c1)c1ccccc1. The van der Waals surface area contributed by atoms with Gasteiger partial charge in [0.05, 0.1) is 5.02 Å². The molecule has 0 aliphatic heterocycles. The number of hydrogen-bond acceptors (Lipinski definition) is 1. The molecule has 0 aliphatic carbocycles. The molecule has 0 aliphatic rings. The van der Waals surface area contributed by atoms with Gasteiger partial charge in [0, 0.05) is 12.2 Å². The van der Waals surface area contributed by atoms with Crippen molar-refractivity contribution in [1.82, 2.24) is 0 Å². The predicted octanol–water partition coefficient (Wildman–Crippen LogP) is 4.69. The van der Waals surface area contributed by atoms with Gasteiger partial charge in [-0.2, -0.15) is 0 Å². The molecule has 0 amide bonds. The van der Waals surface area contributed by atoms with E-state index in [0.29, 0.717) is 5.92 Å². The summed E-state index contributed by atoms with van der Waals surface area (Å²) in [4.78, 5) is 0. The van der Waals surface area contributed by atoms with E-state index in [4.69, 9.17) is 11.6 Å². The third kappa shape index (κ3) is 3.23. The molecule has 0 fully saturated rings. The Kier molecular flexibility index (Phi) is 4.21. The number of rotatable bonds is 4. The maximum Gasteiger partial charge on any atom is 0.143 e. The zero-order valence-electron chi connectivity index (χ0n) is 10.2. The predicted molar refractivity (Wildman–Crippen MR) is 74.8 cm³/mol. The van der Waals surface area contributed by atoms with Gasteiger partial charge < -0.3 is 5.32 Å². The Balaban J connectivity index is 1.97. The molecular formula is C15H15ClFN. The first kappa shape index (κ1) is 12.9. The summed E-state index contributed by atoms with van der Waals surface area (Å²) < 4.78 is 13.3. The molecule has 1 nitrogen and oxygen atoms in total. The summed E-state index contributed by atoms with van der Waals surface area (Å²) in [5.74, 6) is -0.0287. The van der Waals surface area contributed by atoms with Crippen LogP contribution in [0.3, 0.4) is 0 Å². The van der Waals surface area contributed by atoms with Gasteiger partial charge in [0.1, 0.15) is 5.82 Å². The molecule has 1 N–H and O–H groups in total. The maximum absolute atomic E-state index is 13.3. The Hall–Kier alpha value is -1.54. The van der Waals surface area contributed by atoms with Crippen LogP contribution in [0.1, 0.15) is 18.4 Å². The second kappa shape index (κ2) is 5.87. The molecule has 94 valence electrons. The van der Waals surface area contributed by atoms with Crippen molar-refractivity contribution in [2.45, 2.75) is 12.8 Å². The normalized spacial score (nSPS) is 12.2. The van der Waals surface area contributed by atoms with Crippen molar-refractivity contribution < 1.29 is 4.39 Å². The summed E-state index contributed by atoms with van der Waals surface area (Å²) in [6, 6.07) is 15.0. The molecule has 0 saturated carbocycles. The van der Waals surface area contributed by atoms with E-state index < -0.39 is 5.82 Å². The molecular weight excluding hydrogens is 249 g/mol. The molecule has 3 heteroatoms. The third-order valence-corrected chi connectivity index (χ3v) is 3.21. The van der Waals surface area contributed by atoms with Crippen molar-refractivity contribution in [2.75, 3.05) is 11.9 Å². The van der Waals surface area contributed by atoms with E-state index in [0.717, 1.165) is 12.2 Å². The van der Waals surface area contributed by atoms with E-state index in [1.54, 1.807) is 12.1 Å². The zero-order valence-corrected chi connectivity index (χ0v) is 10.9. The highest BCUT2D eigenvalue weighted by molar-refractivity contribution is 6.30. The molecule has 0 saturated heterocycles. The van der Waals surface area contributed by atoms with Crippen molar-refractivity contribution in [1.29, 1.82) is 0 Å². The fourth-order valence-electron chi connectivity index (χ4n) is 1.78. The standard InChI is InChI=1S/C15H15ClFN/c1-11(12-5-3-2-4-6-12)10-18-13-7-8-14(16)15(17)9-13/h2-9,11,18H,10H2,1H3. The summed E-state index contributed by atoms with van der Waals surface area (Å²) in [6.45, 7) is 2.89. The molecule has 1 atom stereocenters. The molecule has 1 unspecified atom stereocenters. The number of anilines is 1. The second-order valence-corrected chi connectivity index (χ2v) is 4.73. The second-order valence-electron chi connectivity index (χ2n) is 4.32. The molecule has 0 radical (unpaired) electrons. The summed E-state index contributed by atoms with van der Waals surface area (Å²) >= 11 is 5.64. The largest absolute Gasteiger partial charge is 0.384 e. The number of benzene rings is 2. The Bertz CT molecular complexity index is 513. The van der Waals surface area contributed by atoms with Gasteiger partial charge in [-0.3, -0.25) is 0 Å². The summed E-state index contributed by atoms with van der Waals surface area (Å²) in [5, 5.41) is 3.36. The average molecular weight is 264 g/mol. The molecule has 0 heterocycles. The van der Waals surface area contributed by atoms with Crippen molar-refractivity contribution in [3.63, 3.8) is 0 Å². The van der Waals surface area contributed by atoms with Crippen molar-refractivity contribution in [2.24, 2.45) is 0 Å². The minimum atomic E-state index is -0.394. The van der Waals surface area contributed by atoms with Crippen LogP contribution in [0.2, 0.25) is 5.02 Å². The first-order valence-electron chi connectivity index (χ1n) is 5.90. The van der Waals surface area contributed by atoms with Crippen molar-refractivity contribution in [3.05, 3.63) is 64.9 Å². The minimum absolute atomic E-state index is 0.150. The van der Waals surface area contributed by atoms with Crippen LogP contribution < -0.4 is 5.32 Å². The fraction of sp³-hybridized carbons (Fsp3) is 0.200. The van der Waals surface area contributed by atoms with Gasteiger partial charge in [0.25, 0.3) is 0 Å². The van der Waals surface area contributed by atoms with Crippen molar-refractivity contribution in [3.8, 4) is 0 Å². The monoisotopic (exact) mass is 263 g/mol. The van der Waals surface area contributed by atoms with Gasteiger partial charge >= 0.3 is 0 Å². The number of halogens is 2. The molecule has 2 aromatic carbocycles. The topological polar surface area (TPSA) is 12.0 Å². The van der Waals surface area contributed by atoms with E-state index in [1.165, 1.54) is 11.6 Å². The summed E-state index contributed by atoms with van der Waals surface area (Å²) in [6.07, 6.45) is 0. The van der Waals surface area contributed by atoms with Gasteiger partial charge in [0.2, 0.25) is 0 Å². The average Bonchev–Trinajstić information content (AvgIpc) is 2.41. The van der Waals surface area contributed by atoms with Gasteiger partial charge in [0.15, 0.2) is 0 Å². The van der Waals surface area contributed by atoms with Gasteiger partial charge in [-0.15, -0.1) is 0 Å². The van der Waals surface area contributed by atoms with E-state index in [9.17, 15) is 4.39 Å². The van der Waals surface area contributed by atoms with E-state index >= 15 is 0 Å². The van der Waals surface area contributed by atoms with Crippen LogP contribution in [0.15, 0.2) is 48.5 Å². The quantitative estimate of drug-likeness (QED) is 0.843. The number of hydrogen-bond donors (Lipinski definition) is 1. The smallest absolute Gasteiger partial charge is 0.143 e. The van der Waals surface area contributed by atoms with Crippen LogP contribution in [-0.4, -0.2) is 6.54 Å². The lowest BCUT2D eigenvalue weighted by Gasteiger charge is -2.14. The van der Waals surface area contributed by atoms with E-state index in [1.807, 2.05) is 18.2 Å².